The van der Waals surface area contributed by atoms with E-state index in [-0.39, 0.29) is 5.56 Å². The maximum Gasteiger partial charge on any atom is 0.416 e. The summed E-state index contributed by atoms with van der Waals surface area (Å²) in [4.78, 5) is 4.69. The molecule has 0 aliphatic heterocycles. The zero-order chi connectivity index (χ0) is 12.3. The third-order valence-electron chi connectivity index (χ3n) is 2.14. The molecule has 0 spiro atoms. The molecule has 1 aromatic carbocycles. The van der Waals surface area contributed by atoms with Gasteiger partial charge in [0, 0.05) is 7.05 Å². The molecule has 0 aliphatic carbocycles. The Hall–Kier alpha value is -1.11. The number of halogens is 3. The third-order valence-corrected chi connectivity index (χ3v) is 2.14. The SMILES string of the molecule is CON(C)C(O)c1cccc(C(F)(F)F)c1. The number of aliphatic hydroxyl groups excluding tert-OH is 1. The minimum atomic E-state index is -4.42. The Morgan fingerprint density at radius 2 is 2.00 bits per heavy atom. The van der Waals surface area contributed by atoms with Crippen molar-refractivity contribution in [3.05, 3.63) is 35.4 Å². The van der Waals surface area contributed by atoms with Crippen LogP contribution in [0.3, 0.4) is 0 Å². The summed E-state index contributed by atoms with van der Waals surface area (Å²) in [6.07, 6.45) is -5.64. The van der Waals surface area contributed by atoms with Crippen molar-refractivity contribution >= 4 is 0 Å². The van der Waals surface area contributed by atoms with Crippen LogP contribution in [0.5, 0.6) is 0 Å². The molecular formula is C10H12F3NO2. The Morgan fingerprint density at radius 1 is 1.38 bits per heavy atom. The molecule has 0 heterocycles. The van der Waals surface area contributed by atoms with E-state index in [0.717, 1.165) is 17.2 Å². The maximum atomic E-state index is 12.4. The molecule has 1 atom stereocenters. The van der Waals surface area contributed by atoms with Crippen molar-refractivity contribution in [2.75, 3.05) is 14.2 Å². The number of aliphatic hydroxyl groups is 1. The van der Waals surface area contributed by atoms with E-state index >= 15 is 0 Å². The van der Waals surface area contributed by atoms with Crippen LogP contribution in [0.2, 0.25) is 0 Å². The molecule has 6 heteroatoms. The summed E-state index contributed by atoms with van der Waals surface area (Å²) in [5, 5.41) is 10.7. The van der Waals surface area contributed by atoms with Gasteiger partial charge in [-0.2, -0.15) is 18.2 Å². The normalized spacial score (nSPS) is 14.2. The van der Waals surface area contributed by atoms with E-state index in [4.69, 9.17) is 4.84 Å². The maximum absolute atomic E-state index is 12.4. The highest BCUT2D eigenvalue weighted by molar-refractivity contribution is 5.26. The van der Waals surface area contributed by atoms with Crippen molar-refractivity contribution in [3.8, 4) is 0 Å². The van der Waals surface area contributed by atoms with Crippen LogP contribution in [0.4, 0.5) is 13.2 Å². The second kappa shape index (κ2) is 4.82. The summed E-state index contributed by atoms with van der Waals surface area (Å²) in [5.74, 6) is 0. The summed E-state index contributed by atoms with van der Waals surface area (Å²) in [7, 11) is 2.74. The largest absolute Gasteiger partial charge is 0.416 e. The number of hydrogen-bond acceptors (Lipinski definition) is 3. The van der Waals surface area contributed by atoms with Crippen molar-refractivity contribution in [1.29, 1.82) is 0 Å². The molecule has 1 aromatic rings. The topological polar surface area (TPSA) is 32.7 Å². The molecule has 0 aliphatic rings. The zero-order valence-corrected chi connectivity index (χ0v) is 8.82. The van der Waals surface area contributed by atoms with Crippen molar-refractivity contribution in [2.24, 2.45) is 0 Å². The van der Waals surface area contributed by atoms with Crippen LogP contribution in [0.15, 0.2) is 24.3 Å². The smallest absolute Gasteiger partial charge is 0.372 e. The standard InChI is InChI=1S/C10H12F3NO2/c1-14(16-2)9(15)7-4-3-5-8(6-7)10(11,12)13/h3-6,9,15H,1-2H3. The minimum absolute atomic E-state index is 0.124. The van der Waals surface area contributed by atoms with Gasteiger partial charge in [0.2, 0.25) is 0 Å². The third kappa shape index (κ3) is 2.94. The van der Waals surface area contributed by atoms with E-state index in [1.165, 1.54) is 26.3 Å². The molecule has 0 amide bonds. The lowest BCUT2D eigenvalue weighted by Crippen LogP contribution is -2.23. The highest BCUT2D eigenvalue weighted by atomic mass is 19.4. The summed E-state index contributed by atoms with van der Waals surface area (Å²) in [5.41, 5.74) is -0.673. The zero-order valence-electron chi connectivity index (χ0n) is 8.82. The molecule has 0 bridgehead atoms. The molecular weight excluding hydrogens is 223 g/mol. The Kier molecular flexibility index (Phi) is 3.90. The van der Waals surface area contributed by atoms with Crippen LogP contribution in [-0.4, -0.2) is 24.3 Å². The minimum Gasteiger partial charge on any atom is -0.372 e. The van der Waals surface area contributed by atoms with Crippen LogP contribution in [0, 0.1) is 0 Å². The van der Waals surface area contributed by atoms with E-state index in [1.54, 1.807) is 0 Å². The lowest BCUT2D eigenvalue weighted by Gasteiger charge is -2.21. The predicted octanol–water partition coefficient (Wildman–Crippen LogP) is 2.19. The molecule has 0 fully saturated rings. The van der Waals surface area contributed by atoms with Gasteiger partial charge in [0.1, 0.15) is 0 Å². The van der Waals surface area contributed by atoms with Crippen molar-refractivity contribution in [2.45, 2.75) is 12.4 Å². The molecule has 1 N–H and O–H groups in total. The van der Waals surface area contributed by atoms with Crippen LogP contribution in [0.25, 0.3) is 0 Å². The fourth-order valence-electron chi connectivity index (χ4n) is 1.19. The first-order valence-electron chi connectivity index (χ1n) is 4.48. The molecule has 3 nitrogen and oxygen atoms in total. The summed E-state index contributed by atoms with van der Waals surface area (Å²) in [6.45, 7) is 0. The average molecular weight is 235 g/mol. The van der Waals surface area contributed by atoms with Gasteiger partial charge in [0.15, 0.2) is 6.23 Å². The van der Waals surface area contributed by atoms with Gasteiger partial charge in [-0.3, -0.25) is 4.84 Å². The van der Waals surface area contributed by atoms with Gasteiger partial charge in [0.25, 0.3) is 0 Å². The first-order chi connectivity index (χ1) is 7.36. The number of rotatable bonds is 3. The number of benzene rings is 1. The number of hydroxylamine groups is 2. The fraction of sp³-hybridized carbons (Fsp3) is 0.400. The lowest BCUT2D eigenvalue weighted by molar-refractivity contribution is -0.206. The number of nitrogens with zero attached hydrogens (tertiary/aromatic N) is 1. The summed E-state index contributed by atoms with van der Waals surface area (Å²) < 4.78 is 37.2. The van der Waals surface area contributed by atoms with Crippen LogP contribution in [0.1, 0.15) is 17.4 Å². The van der Waals surface area contributed by atoms with Crippen LogP contribution in [-0.2, 0) is 11.0 Å². The van der Waals surface area contributed by atoms with Crippen molar-refractivity contribution in [3.63, 3.8) is 0 Å². The van der Waals surface area contributed by atoms with Gasteiger partial charge < -0.3 is 5.11 Å². The average Bonchev–Trinajstić information content (AvgIpc) is 2.26. The summed E-state index contributed by atoms with van der Waals surface area (Å²) >= 11 is 0. The molecule has 0 radical (unpaired) electrons. The van der Waals surface area contributed by atoms with Crippen LogP contribution < -0.4 is 0 Å². The van der Waals surface area contributed by atoms with E-state index in [1.807, 2.05) is 0 Å². The molecule has 1 unspecified atom stereocenters. The quantitative estimate of drug-likeness (QED) is 0.644. The second-order valence-electron chi connectivity index (χ2n) is 3.23. The first-order valence-corrected chi connectivity index (χ1v) is 4.48. The van der Waals surface area contributed by atoms with E-state index < -0.39 is 18.0 Å². The number of hydrogen-bond donors (Lipinski definition) is 1. The van der Waals surface area contributed by atoms with E-state index in [2.05, 4.69) is 0 Å². The Balaban J connectivity index is 2.99. The van der Waals surface area contributed by atoms with Gasteiger partial charge in [-0.1, -0.05) is 12.1 Å². The molecule has 0 aromatic heterocycles. The van der Waals surface area contributed by atoms with Gasteiger partial charge >= 0.3 is 6.18 Å². The van der Waals surface area contributed by atoms with Gasteiger partial charge in [-0.05, 0) is 17.7 Å². The van der Waals surface area contributed by atoms with Crippen molar-refractivity contribution in [1.82, 2.24) is 5.06 Å². The lowest BCUT2D eigenvalue weighted by atomic mass is 10.1. The van der Waals surface area contributed by atoms with Gasteiger partial charge in [-0.15, -0.1) is 0 Å². The number of alkyl halides is 3. The first kappa shape index (κ1) is 13.0. The Bertz CT molecular complexity index is 354. The Labute approximate surface area is 91.0 Å². The highest BCUT2D eigenvalue weighted by Crippen LogP contribution is 2.31. The monoisotopic (exact) mass is 235 g/mol. The molecule has 0 saturated carbocycles. The van der Waals surface area contributed by atoms with E-state index in [9.17, 15) is 18.3 Å². The van der Waals surface area contributed by atoms with Crippen LogP contribution >= 0.6 is 0 Å². The highest BCUT2D eigenvalue weighted by Gasteiger charge is 2.31. The van der Waals surface area contributed by atoms with Crippen molar-refractivity contribution < 1.29 is 23.1 Å². The molecule has 0 saturated heterocycles. The second-order valence-corrected chi connectivity index (χ2v) is 3.23. The summed E-state index contributed by atoms with van der Waals surface area (Å²) in [6, 6.07) is 4.48. The molecule has 16 heavy (non-hydrogen) atoms. The molecule has 1 rings (SSSR count). The van der Waals surface area contributed by atoms with Gasteiger partial charge in [-0.25, -0.2) is 0 Å². The Morgan fingerprint density at radius 3 is 2.50 bits per heavy atom. The fourth-order valence-corrected chi connectivity index (χ4v) is 1.19. The van der Waals surface area contributed by atoms with Gasteiger partial charge in [0.05, 0.1) is 12.7 Å². The van der Waals surface area contributed by atoms with E-state index in [0.29, 0.717) is 0 Å². The molecule has 90 valence electrons. The predicted molar refractivity (Wildman–Crippen MR) is 51.2 cm³/mol.